The van der Waals surface area contributed by atoms with Gasteiger partial charge in [-0.2, -0.15) is 0 Å². The molecule has 1 aromatic heterocycles. The number of nitrogens with one attached hydrogen (secondary N) is 1. The summed E-state index contributed by atoms with van der Waals surface area (Å²) in [4.78, 5) is 39.7. The van der Waals surface area contributed by atoms with Gasteiger partial charge in [0.05, 0.1) is 6.61 Å². The fourth-order valence-electron chi connectivity index (χ4n) is 2.59. The van der Waals surface area contributed by atoms with E-state index in [-0.39, 0.29) is 42.2 Å². The molecule has 32 heavy (non-hydrogen) atoms. The Morgan fingerprint density at radius 1 is 1.12 bits per heavy atom. The molecule has 2 N–H and O–H groups in total. The van der Waals surface area contributed by atoms with Crippen molar-refractivity contribution in [3.05, 3.63) is 68.0 Å². The third kappa shape index (κ3) is 6.57. The summed E-state index contributed by atoms with van der Waals surface area (Å²) in [6.07, 6.45) is 0.133. The van der Waals surface area contributed by atoms with E-state index in [2.05, 4.69) is 10.2 Å². The summed E-state index contributed by atoms with van der Waals surface area (Å²) in [5.41, 5.74) is 1.08. The lowest BCUT2D eigenvalue weighted by Crippen LogP contribution is -2.14. The molecular weight excluding hydrogens is 476 g/mol. The Hall–Kier alpha value is -3.35. The zero-order valence-corrected chi connectivity index (χ0v) is 18.8. The van der Waals surface area contributed by atoms with Crippen molar-refractivity contribution in [1.29, 1.82) is 0 Å². The van der Waals surface area contributed by atoms with Crippen molar-refractivity contribution in [2.75, 3.05) is 11.9 Å². The zero-order valence-electron chi connectivity index (χ0n) is 16.3. The third-order valence-corrected chi connectivity index (χ3v) is 6.97. The molecule has 0 aliphatic rings. The van der Waals surface area contributed by atoms with Crippen molar-refractivity contribution in [3.8, 4) is 21.9 Å². The van der Waals surface area contributed by atoms with E-state index >= 15 is 0 Å². The molecule has 3 rings (SSSR count). The minimum atomic E-state index is -0.928. The van der Waals surface area contributed by atoms with E-state index in [9.17, 15) is 24.8 Å². The number of aromatic hydroxyl groups is 1. The molecule has 2 aromatic carbocycles. The summed E-state index contributed by atoms with van der Waals surface area (Å²) in [6.45, 7) is -0.201. The Bertz CT molecular complexity index is 1190. The molecule has 9 nitrogen and oxygen atoms in total. The molecule has 0 unspecified atom stereocenters. The first-order valence-electron chi connectivity index (χ1n) is 9.15. The van der Waals surface area contributed by atoms with Crippen molar-refractivity contribution in [2.24, 2.45) is 0 Å². The van der Waals surface area contributed by atoms with E-state index < -0.39 is 17.0 Å². The van der Waals surface area contributed by atoms with Crippen molar-refractivity contribution >= 4 is 50.5 Å². The Morgan fingerprint density at radius 2 is 1.88 bits per heavy atom. The lowest BCUT2D eigenvalue weighted by molar-refractivity contribution is -0.757. The van der Waals surface area contributed by atoms with Crippen LogP contribution in [0.1, 0.15) is 23.2 Å². The number of phenols is 1. The van der Waals surface area contributed by atoms with Gasteiger partial charge in [0.15, 0.2) is 0 Å². The first-order valence-corrected chi connectivity index (χ1v) is 11.7. The van der Waals surface area contributed by atoms with Crippen molar-refractivity contribution in [2.45, 2.75) is 12.8 Å². The molecule has 1 amide bonds. The molecule has 0 aliphatic heterocycles. The Kier molecular flexibility index (Phi) is 7.87. The van der Waals surface area contributed by atoms with E-state index in [0.29, 0.717) is 0 Å². The number of carbonyl (C=O) groups excluding carboxylic acids is 2. The van der Waals surface area contributed by atoms with Crippen LogP contribution in [0.15, 0.2) is 48.5 Å². The topological polar surface area (TPSA) is 128 Å². The largest absolute Gasteiger partial charge is 0.507 e. The van der Waals surface area contributed by atoms with Crippen LogP contribution < -0.4 is 10.1 Å². The molecule has 0 spiro atoms. The van der Waals surface area contributed by atoms with Crippen LogP contribution in [-0.2, 0) is 9.63 Å². The quantitative estimate of drug-likeness (QED) is 0.0620. The third-order valence-electron chi connectivity index (χ3n) is 4.06. The van der Waals surface area contributed by atoms with E-state index in [1.165, 1.54) is 28.5 Å². The highest BCUT2D eigenvalue weighted by atomic mass is 32.9. The average Bonchev–Trinajstić information content (AvgIpc) is 3.19. The highest BCUT2D eigenvalue weighted by molar-refractivity contribution is 7.80. The molecule has 0 atom stereocenters. The standard InChI is InChI=1S/C20H16N2O7S3/c23-16-8-5-13(21-18(24)2-1-9-28-22(26)27)10-15(16)20(25)29-14-6-3-12(4-7-14)17-11-19(30)32-31-17/h3-8,10-11,23H,1-2,9H2,(H,21,24). The molecule has 0 radical (unpaired) electrons. The smallest absolute Gasteiger partial charge is 0.347 e. The van der Waals surface area contributed by atoms with E-state index in [4.69, 9.17) is 17.0 Å². The van der Waals surface area contributed by atoms with Gasteiger partial charge in [-0.3, -0.25) is 4.79 Å². The number of benzene rings is 2. The first kappa shape index (κ1) is 23.3. The Morgan fingerprint density at radius 3 is 2.53 bits per heavy atom. The predicted molar refractivity (Wildman–Crippen MR) is 122 cm³/mol. The number of hydrogen-bond acceptors (Lipinski definition) is 10. The highest BCUT2D eigenvalue weighted by Crippen LogP contribution is 2.31. The Labute approximate surface area is 194 Å². The summed E-state index contributed by atoms with van der Waals surface area (Å²) in [5, 5.41) is 21.8. The molecular formula is C20H16N2O7S3. The minimum absolute atomic E-state index is 0.0151. The average molecular weight is 493 g/mol. The maximum absolute atomic E-state index is 12.5. The van der Waals surface area contributed by atoms with Crippen LogP contribution in [0, 0.1) is 13.9 Å². The number of esters is 1. The van der Waals surface area contributed by atoms with Gasteiger partial charge in [0.25, 0.3) is 5.09 Å². The number of rotatable bonds is 9. The fraction of sp³-hybridized carbons (Fsp3) is 0.150. The zero-order chi connectivity index (χ0) is 23.1. The van der Waals surface area contributed by atoms with Crippen molar-refractivity contribution in [1.82, 2.24) is 0 Å². The van der Waals surface area contributed by atoms with Crippen LogP contribution in [0.2, 0.25) is 0 Å². The van der Waals surface area contributed by atoms with Gasteiger partial charge in [-0.1, -0.05) is 32.9 Å². The molecule has 1 heterocycles. The fourth-order valence-corrected chi connectivity index (χ4v) is 5.00. The van der Waals surface area contributed by atoms with Crippen LogP contribution in [0.4, 0.5) is 5.69 Å². The van der Waals surface area contributed by atoms with Gasteiger partial charge in [-0.05, 0) is 60.5 Å². The summed E-state index contributed by atoms with van der Waals surface area (Å²) in [7, 11) is 3.07. The normalized spacial score (nSPS) is 10.4. The van der Waals surface area contributed by atoms with Crippen LogP contribution in [0.3, 0.4) is 0 Å². The summed E-state index contributed by atoms with van der Waals surface area (Å²) in [6, 6.07) is 12.7. The highest BCUT2D eigenvalue weighted by Gasteiger charge is 2.16. The lowest BCUT2D eigenvalue weighted by Gasteiger charge is -2.10. The van der Waals surface area contributed by atoms with Crippen LogP contribution in [0.25, 0.3) is 10.4 Å². The number of nitrogens with zero attached hydrogens (tertiary/aromatic N) is 1. The van der Waals surface area contributed by atoms with Gasteiger partial charge >= 0.3 is 5.97 Å². The van der Waals surface area contributed by atoms with Crippen LogP contribution in [0.5, 0.6) is 11.5 Å². The molecule has 3 aromatic rings. The molecule has 12 heteroatoms. The van der Waals surface area contributed by atoms with E-state index in [1.54, 1.807) is 34.6 Å². The first-order chi connectivity index (χ1) is 15.3. The maximum Gasteiger partial charge on any atom is 0.347 e. The predicted octanol–water partition coefficient (Wildman–Crippen LogP) is 5.06. The summed E-state index contributed by atoms with van der Waals surface area (Å²) >= 11 is 5.13. The van der Waals surface area contributed by atoms with Gasteiger partial charge < -0.3 is 20.0 Å². The van der Waals surface area contributed by atoms with Gasteiger partial charge in [-0.15, -0.1) is 10.1 Å². The molecule has 0 saturated heterocycles. The number of anilines is 1. The SMILES string of the molecule is O=C(CCCO[N+](=O)[O-])Nc1ccc(O)c(C(=O)Oc2ccc(-c3cc(=S)ss3)cc2)c1. The number of carbonyl (C=O) groups is 2. The van der Waals surface area contributed by atoms with Gasteiger partial charge in [-0.25, -0.2) is 4.79 Å². The van der Waals surface area contributed by atoms with E-state index in [1.807, 2.05) is 6.07 Å². The second-order valence-corrected chi connectivity index (χ2v) is 9.26. The Balaban J connectivity index is 1.62. The van der Waals surface area contributed by atoms with Gasteiger partial charge in [0.1, 0.15) is 20.9 Å². The van der Waals surface area contributed by atoms with Crippen molar-refractivity contribution < 1.29 is 29.4 Å². The minimum Gasteiger partial charge on any atom is -0.507 e. The van der Waals surface area contributed by atoms with Crippen molar-refractivity contribution in [3.63, 3.8) is 0 Å². The maximum atomic E-state index is 12.5. The summed E-state index contributed by atoms with van der Waals surface area (Å²) < 4.78 is 6.13. The number of amides is 1. The van der Waals surface area contributed by atoms with Crippen LogP contribution in [-0.4, -0.2) is 28.7 Å². The summed E-state index contributed by atoms with van der Waals surface area (Å²) in [5.74, 6) is -1.23. The van der Waals surface area contributed by atoms with Gasteiger partial charge in [0.2, 0.25) is 5.91 Å². The number of hydrogen-bond donors (Lipinski definition) is 2. The molecule has 0 fully saturated rings. The monoisotopic (exact) mass is 492 g/mol. The molecule has 0 aliphatic carbocycles. The number of phenolic OH excluding ortho intramolecular Hbond substituents is 1. The number of ether oxygens (including phenoxy) is 1. The van der Waals surface area contributed by atoms with E-state index in [0.717, 1.165) is 14.3 Å². The van der Waals surface area contributed by atoms with Gasteiger partial charge in [0, 0.05) is 17.0 Å². The van der Waals surface area contributed by atoms with Crippen LogP contribution >= 0.6 is 32.9 Å². The second kappa shape index (κ2) is 10.8. The lowest BCUT2D eigenvalue weighted by atomic mass is 10.1. The molecule has 0 saturated carbocycles. The molecule has 0 bridgehead atoms. The molecule has 166 valence electrons. The second-order valence-electron chi connectivity index (χ2n) is 6.35.